The van der Waals surface area contributed by atoms with E-state index < -0.39 is 0 Å². The maximum Gasteiger partial charge on any atom is 0.141 e. The largest absolute Gasteiger partial charge is 0.506 e. The molecule has 3 nitrogen and oxygen atoms in total. The van der Waals surface area contributed by atoms with Crippen molar-refractivity contribution in [3.05, 3.63) is 51.0 Å². The summed E-state index contributed by atoms with van der Waals surface area (Å²) in [7, 11) is 0. The molecule has 0 fully saturated rings. The maximum atomic E-state index is 9.95. The van der Waals surface area contributed by atoms with Crippen molar-refractivity contribution in [2.75, 3.05) is 0 Å². The minimum Gasteiger partial charge on any atom is -0.506 e. The van der Waals surface area contributed by atoms with Gasteiger partial charge in [0.1, 0.15) is 17.2 Å². The molecule has 5 heteroatoms. The van der Waals surface area contributed by atoms with Crippen molar-refractivity contribution in [1.29, 1.82) is 0 Å². The van der Waals surface area contributed by atoms with Crippen LogP contribution in [0.5, 0.6) is 11.5 Å². The van der Waals surface area contributed by atoms with Crippen molar-refractivity contribution in [2.45, 2.75) is 19.8 Å². The number of benzene rings is 2. The third kappa shape index (κ3) is 3.99. The van der Waals surface area contributed by atoms with Crippen molar-refractivity contribution in [3.63, 3.8) is 0 Å². The van der Waals surface area contributed by atoms with E-state index in [9.17, 15) is 10.2 Å². The van der Waals surface area contributed by atoms with Gasteiger partial charge in [0.2, 0.25) is 0 Å². The third-order valence-electron chi connectivity index (χ3n) is 2.98. The van der Waals surface area contributed by atoms with Crippen molar-refractivity contribution in [1.82, 2.24) is 0 Å². The molecule has 0 spiro atoms. The Labute approximate surface area is 137 Å². The zero-order chi connectivity index (χ0) is 15.4. The molecule has 0 saturated heterocycles. The molecule has 0 heterocycles. The van der Waals surface area contributed by atoms with Gasteiger partial charge >= 0.3 is 0 Å². The molecule has 0 aromatic heterocycles. The molecular weight excluding hydrogens is 354 g/mol. The van der Waals surface area contributed by atoms with Crippen molar-refractivity contribution < 1.29 is 10.2 Å². The van der Waals surface area contributed by atoms with Gasteiger partial charge < -0.3 is 10.2 Å². The Balaban J connectivity index is 2.35. The Morgan fingerprint density at radius 2 is 2.00 bits per heavy atom. The van der Waals surface area contributed by atoms with Gasteiger partial charge in [0.05, 0.1) is 4.47 Å². The topological polar surface area (TPSA) is 52.8 Å². The number of phenols is 2. The minimum absolute atomic E-state index is 0.0624. The molecule has 2 aromatic carbocycles. The van der Waals surface area contributed by atoms with Crippen molar-refractivity contribution in [2.24, 2.45) is 4.99 Å². The summed E-state index contributed by atoms with van der Waals surface area (Å²) in [6, 6.07) is 8.56. The number of hydrogen-bond donors (Lipinski definition) is 2. The second-order valence-corrected chi connectivity index (χ2v) is 5.95. The summed E-state index contributed by atoms with van der Waals surface area (Å²) in [6.45, 7) is 2.09. The fourth-order valence-electron chi connectivity index (χ4n) is 1.94. The summed E-state index contributed by atoms with van der Waals surface area (Å²) in [5, 5.41) is 20.3. The number of aliphatic imine (C=N–C) groups is 1. The Hall–Kier alpha value is -1.52. The first kappa shape index (κ1) is 15.9. The van der Waals surface area contributed by atoms with E-state index in [0.717, 1.165) is 18.4 Å². The Morgan fingerprint density at radius 3 is 2.71 bits per heavy atom. The lowest BCUT2D eigenvalue weighted by Gasteiger charge is -2.05. The normalized spacial score (nSPS) is 11.2. The van der Waals surface area contributed by atoms with E-state index in [1.54, 1.807) is 18.2 Å². The predicted molar refractivity (Wildman–Crippen MR) is 90.2 cm³/mol. The zero-order valence-electron chi connectivity index (χ0n) is 11.5. The Bertz CT molecular complexity index is 686. The number of hydrogen-bond acceptors (Lipinski definition) is 3. The summed E-state index contributed by atoms with van der Waals surface area (Å²) in [5.41, 5.74) is 2.06. The minimum atomic E-state index is 0.0624. The molecule has 2 aromatic rings. The van der Waals surface area contributed by atoms with Crippen LogP contribution in [0.3, 0.4) is 0 Å². The van der Waals surface area contributed by atoms with E-state index in [1.807, 2.05) is 12.1 Å². The van der Waals surface area contributed by atoms with Crippen LogP contribution in [0.4, 0.5) is 5.69 Å². The van der Waals surface area contributed by atoms with Gasteiger partial charge in [0.25, 0.3) is 0 Å². The highest BCUT2D eigenvalue weighted by atomic mass is 79.9. The van der Waals surface area contributed by atoms with Crippen LogP contribution in [0.15, 0.2) is 39.8 Å². The first-order chi connectivity index (χ1) is 10.0. The molecule has 2 rings (SSSR count). The summed E-state index contributed by atoms with van der Waals surface area (Å²) in [5.74, 6) is 0.166. The average molecular weight is 369 g/mol. The molecule has 0 radical (unpaired) electrons. The second kappa shape index (κ2) is 6.96. The van der Waals surface area contributed by atoms with Crippen molar-refractivity contribution >= 4 is 39.4 Å². The standard InChI is InChI=1S/C16H15BrClNO2/c1-2-3-10-4-5-15(20)14(6-10)19-9-11-7-12(18)8-13(17)16(11)21/h4-9,20-21H,2-3H2,1H3. The summed E-state index contributed by atoms with van der Waals surface area (Å²) >= 11 is 9.17. The quantitative estimate of drug-likeness (QED) is 0.727. The molecule has 0 bridgehead atoms. The molecule has 0 aliphatic heterocycles. The number of halogens is 2. The average Bonchev–Trinajstić information content (AvgIpc) is 2.44. The Morgan fingerprint density at radius 1 is 1.24 bits per heavy atom. The number of aryl methyl sites for hydroxylation is 1. The molecule has 21 heavy (non-hydrogen) atoms. The van der Waals surface area contributed by atoms with E-state index in [1.165, 1.54) is 6.21 Å². The van der Waals surface area contributed by atoms with Gasteiger partial charge in [-0.15, -0.1) is 0 Å². The molecule has 0 saturated carbocycles. The molecular formula is C16H15BrClNO2. The van der Waals surface area contributed by atoms with Crippen molar-refractivity contribution in [3.8, 4) is 11.5 Å². The number of phenolic OH excluding ortho intramolecular Hbond substituents is 2. The van der Waals surface area contributed by atoms with Gasteiger partial charge in [0.15, 0.2) is 0 Å². The number of nitrogens with zero attached hydrogens (tertiary/aromatic N) is 1. The second-order valence-electron chi connectivity index (χ2n) is 4.66. The first-order valence-corrected chi connectivity index (χ1v) is 7.72. The SMILES string of the molecule is CCCc1ccc(O)c(N=Cc2cc(Cl)cc(Br)c2O)c1. The number of rotatable bonds is 4. The zero-order valence-corrected chi connectivity index (χ0v) is 13.8. The molecule has 0 atom stereocenters. The highest BCUT2D eigenvalue weighted by molar-refractivity contribution is 9.10. The molecule has 0 aliphatic carbocycles. The predicted octanol–water partition coefficient (Wildman–Crippen LogP) is 5.22. The summed E-state index contributed by atoms with van der Waals surface area (Å²) < 4.78 is 0.500. The summed E-state index contributed by atoms with van der Waals surface area (Å²) in [6.07, 6.45) is 3.43. The van der Waals surface area contributed by atoms with Crippen LogP contribution in [0.1, 0.15) is 24.5 Å². The molecule has 2 N–H and O–H groups in total. The van der Waals surface area contributed by atoms with E-state index in [4.69, 9.17) is 11.6 Å². The van der Waals surface area contributed by atoms with E-state index in [-0.39, 0.29) is 11.5 Å². The lowest BCUT2D eigenvalue weighted by Crippen LogP contribution is -1.85. The van der Waals surface area contributed by atoms with Crippen LogP contribution >= 0.6 is 27.5 Å². The lowest BCUT2D eigenvalue weighted by atomic mass is 10.1. The summed E-state index contributed by atoms with van der Waals surface area (Å²) in [4.78, 5) is 4.25. The first-order valence-electron chi connectivity index (χ1n) is 6.55. The fraction of sp³-hybridized carbons (Fsp3) is 0.188. The van der Waals surface area contributed by atoms with Crippen LogP contribution in [0, 0.1) is 0 Å². The molecule has 0 unspecified atom stereocenters. The highest BCUT2D eigenvalue weighted by Crippen LogP contribution is 2.32. The lowest BCUT2D eigenvalue weighted by molar-refractivity contribution is 0.471. The smallest absolute Gasteiger partial charge is 0.141 e. The van der Waals surface area contributed by atoms with Gasteiger partial charge in [-0.25, -0.2) is 0 Å². The van der Waals surface area contributed by atoms with Gasteiger partial charge in [-0.05, 0) is 52.2 Å². The third-order valence-corrected chi connectivity index (χ3v) is 3.80. The fourth-order valence-corrected chi connectivity index (χ4v) is 2.77. The highest BCUT2D eigenvalue weighted by Gasteiger charge is 2.06. The van der Waals surface area contributed by atoms with E-state index in [0.29, 0.717) is 20.7 Å². The van der Waals surface area contributed by atoms with Crippen LogP contribution in [0.25, 0.3) is 0 Å². The molecule has 110 valence electrons. The van der Waals surface area contributed by atoms with Gasteiger partial charge in [0, 0.05) is 16.8 Å². The molecule has 0 amide bonds. The van der Waals surface area contributed by atoms with Crippen LogP contribution in [0.2, 0.25) is 5.02 Å². The van der Waals surface area contributed by atoms with Gasteiger partial charge in [-0.2, -0.15) is 0 Å². The van der Waals surface area contributed by atoms with Crippen LogP contribution in [-0.4, -0.2) is 16.4 Å². The monoisotopic (exact) mass is 367 g/mol. The number of aromatic hydroxyl groups is 2. The van der Waals surface area contributed by atoms with Crippen LogP contribution < -0.4 is 0 Å². The van der Waals surface area contributed by atoms with E-state index in [2.05, 4.69) is 27.8 Å². The maximum absolute atomic E-state index is 9.95. The van der Waals surface area contributed by atoms with Crippen LogP contribution in [-0.2, 0) is 6.42 Å². The Kier molecular flexibility index (Phi) is 5.26. The molecule has 0 aliphatic rings. The van der Waals surface area contributed by atoms with E-state index >= 15 is 0 Å². The van der Waals surface area contributed by atoms with Gasteiger partial charge in [-0.1, -0.05) is 31.0 Å². The van der Waals surface area contributed by atoms with Gasteiger partial charge in [-0.3, -0.25) is 4.99 Å².